The van der Waals surface area contributed by atoms with Crippen molar-refractivity contribution in [2.45, 2.75) is 25.3 Å². The Kier molecular flexibility index (Phi) is 3.90. The predicted molar refractivity (Wildman–Crippen MR) is 80.1 cm³/mol. The zero-order chi connectivity index (χ0) is 13.1. The summed E-state index contributed by atoms with van der Waals surface area (Å²) in [6.07, 6.45) is 3.77. The third-order valence-electron chi connectivity index (χ3n) is 3.68. The van der Waals surface area contributed by atoms with Crippen molar-refractivity contribution in [3.05, 3.63) is 41.4 Å². The van der Waals surface area contributed by atoms with Crippen molar-refractivity contribution in [3.63, 3.8) is 0 Å². The second-order valence-electron chi connectivity index (χ2n) is 5.05. The van der Waals surface area contributed by atoms with Crippen LogP contribution in [0.3, 0.4) is 0 Å². The molecular formula is C16H18ClNO. The number of nitrogens with one attached hydrogen (secondary N) is 1. The van der Waals surface area contributed by atoms with Crippen LogP contribution in [0.5, 0.6) is 5.75 Å². The van der Waals surface area contributed by atoms with Gasteiger partial charge < -0.3 is 10.1 Å². The highest BCUT2D eigenvalue weighted by Gasteiger charge is 2.14. The summed E-state index contributed by atoms with van der Waals surface area (Å²) in [5, 5.41) is 6.42. The van der Waals surface area contributed by atoms with E-state index in [4.69, 9.17) is 16.3 Å². The van der Waals surface area contributed by atoms with Gasteiger partial charge in [-0.25, -0.2) is 0 Å². The minimum atomic E-state index is 0.475. The van der Waals surface area contributed by atoms with E-state index in [1.54, 1.807) is 0 Å². The van der Waals surface area contributed by atoms with Crippen molar-refractivity contribution in [1.29, 1.82) is 0 Å². The van der Waals surface area contributed by atoms with Gasteiger partial charge >= 0.3 is 0 Å². The first-order valence-corrected chi connectivity index (χ1v) is 7.26. The standard InChI is InChI=1S/C16H18ClNO/c17-15-8-9-16(14-7-2-1-6-13(14)15)19-11-12-5-3-4-10-18-12/h1-2,6-9,12,18H,3-5,10-11H2. The fraction of sp³-hybridized carbons (Fsp3) is 0.375. The smallest absolute Gasteiger partial charge is 0.127 e. The Balaban J connectivity index is 1.79. The molecule has 0 aliphatic carbocycles. The van der Waals surface area contributed by atoms with Gasteiger partial charge in [-0.15, -0.1) is 0 Å². The molecule has 1 heterocycles. The Labute approximate surface area is 118 Å². The molecule has 2 aromatic carbocycles. The van der Waals surface area contributed by atoms with E-state index < -0.39 is 0 Å². The molecular weight excluding hydrogens is 258 g/mol. The molecule has 2 nitrogen and oxygen atoms in total. The number of benzene rings is 2. The lowest BCUT2D eigenvalue weighted by atomic mass is 10.1. The van der Waals surface area contributed by atoms with Crippen molar-refractivity contribution in [2.24, 2.45) is 0 Å². The first kappa shape index (κ1) is 12.8. The van der Waals surface area contributed by atoms with E-state index in [9.17, 15) is 0 Å². The van der Waals surface area contributed by atoms with Crippen LogP contribution in [0.2, 0.25) is 5.02 Å². The lowest BCUT2D eigenvalue weighted by molar-refractivity contribution is 0.241. The molecule has 0 saturated carbocycles. The Morgan fingerprint density at radius 2 is 1.95 bits per heavy atom. The maximum absolute atomic E-state index is 6.21. The fourth-order valence-electron chi connectivity index (χ4n) is 2.62. The number of piperidine rings is 1. The van der Waals surface area contributed by atoms with Crippen LogP contribution >= 0.6 is 11.6 Å². The molecule has 2 aromatic rings. The quantitative estimate of drug-likeness (QED) is 0.914. The fourth-order valence-corrected chi connectivity index (χ4v) is 2.84. The summed E-state index contributed by atoms with van der Waals surface area (Å²) in [7, 11) is 0. The summed E-state index contributed by atoms with van der Waals surface area (Å²) in [6.45, 7) is 1.83. The summed E-state index contributed by atoms with van der Waals surface area (Å²) in [6, 6.07) is 12.5. The Morgan fingerprint density at radius 3 is 2.74 bits per heavy atom. The first-order chi connectivity index (χ1) is 9.34. The molecule has 3 heteroatoms. The lowest BCUT2D eigenvalue weighted by Crippen LogP contribution is -2.38. The molecule has 1 saturated heterocycles. The van der Waals surface area contributed by atoms with Crippen LogP contribution in [0, 0.1) is 0 Å². The molecule has 0 amide bonds. The molecule has 19 heavy (non-hydrogen) atoms. The van der Waals surface area contributed by atoms with Crippen LogP contribution in [-0.4, -0.2) is 19.2 Å². The van der Waals surface area contributed by atoms with Gasteiger partial charge in [0.05, 0.1) is 0 Å². The molecule has 0 bridgehead atoms. The predicted octanol–water partition coefficient (Wildman–Crippen LogP) is 4.01. The highest BCUT2D eigenvalue weighted by molar-refractivity contribution is 6.35. The summed E-state index contributed by atoms with van der Waals surface area (Å²) >= 11 is 6.21. The zero-order valence-corrected chi connectivity index (χ0v) is 11.6. The molecule has 1 N–H and O–H groups in total. The van der Waals surface area contributed by atoms with Crippen LogP contribution in [0.4, 0.5) is 0 Å². The third-order valence-corrected chi connectivity index (χ3v) is 4.01. The molecule has 100 valence electrons. The van der Waals surface area contributed by atoms with Gasteiger partial charge in [-0.2, -0.15) is 0 Å². The zero-order valence-electron chi connectivity index (χ0n) is 10.9. The lowest BCUT2D eigenvalue weighted by Gasteiger charge is -2.23. The normalized spacial score (nSPS) is 19.5. The van der Waals surface area contributed by atoms with Crippen LogP contribution in [0.25, 0.3) is 10.8 Å². The number of hydrogen-bond acceptors (Lipinski definition) is 2. The molecule has 0 spiro atoms. The van der Waals surface area contributed by atoms with Gasteiger partial charge in [-0.05, 0) is 31.5 Å². The Hall–Kier alpha value is -1.25. The monoisotopic (exact) mass is 275 g/mol. The summed E-state index contributed by atoms with van der Waals surface area (Å²) in [4.78, 5) is 0. The van der Waals surface area contributed by atoms with Crippen molar-refractivity contribution >= 4 is 22.4 Å². The van der Waals surface area contributed by atoms with E-state index in [-0.39, 0.29) is 0 Å². The topological polar surface area (TPSA) is 21.3 Å². The molecule has 1 aliphatic heterocycles. The van der Waals surface area contributed by atoms with Crippen molar-refractivity contribution in [1.82, 2.24) is 5.32 Å². The second-order valence-corrected chi connectivity index (χ2v) is 5.46. The van der Waals surface area contributed by atoms with Crippen molar-refractivity contribution < 1.29 is 4.74 Å². The number of ether oxygens (including phenoxy) is 1. The van der Waals surface area contributed by atoms with E-state index >= 15 is 0 Å². The highest BCUT2D eigenvalue weighted by atomic mass is 35.5. The van der Waals surface area contributed by atoms with Gasteiger partial charge in [0.2, 0.25) is 0 Å². The number of halogens is 1. The maximum Gasteiger partial charge on any atom is 0.127 e. The molecule has 0 aromatic heterocycles. The Morgan fingerprint density at radius 1 is 1.11 bits per heavy atom. The molecule has 1 aliphatic rings. The highest BCUT2D eigenvalue weighted by Crippen LogP contribution is 2.31. The number of fused-ring (bicyclic) bond motifs is 1. The molecule has 0 radical (unpaired) electrons. The second kappa shape index (κ2) is 5.81. The molecule has 1 fully saturated rings. The molecule has 1 unspecified atom stereocenters. The van der Waals surface area contributed by atoms with Gasteiger partial charge in [0.25, 0.3) is 0 Å². The molecule has 1 atom stereocenters. The van der Waals surface area contributed by atoms with Crippen molar-refractivity contribution in [2.75, 3.05) is 13.2 Å². The SMILES string of the molecule is Clc1ccc(OCC2CCCCN2)c2ccccc12. The van der Waals surface area contributed by atoms with E-state index in [1.165, 1.54) is 19.3 Å². The van der Waals surface area contributed by atoms with E-state index in [2.05, 4.69) is 11.4 Å². The average molecular weight is 276 g/mol. The number of hydrogen-bond donors (Lipinski definition) is 1. The minimum absolute atomic E-state index is 0.475. The van der Waals surface area contributed by atoms with Gasteiger partial charge in [-0.1, -0.05) is 42.3 Å². The van der Waals surface area contributed by atoms with Gasteiger partial charge in [-0.3, -0.25) is 0 Å². The molecule has 3 rings (SSSR count). The average Bonchev–Trinajstić information content (AvgIpc) is 2.48. The minimum Gasteiger partial charge on any atom is -0.491 e. The number of rotatable bonds is 3. The Bertz CT molecular complexity index is 564. The van der Waals surface area contributed by atoms with Gasteiger partial charge in [0.1, 0.15) is 12.4 Å². The van der Waals surface area contributed by atoms with E-state index in [0.717, 1.165) is 34.7 Å². The van der Waals surface area contributed by atoms with E-state index in [1.807, 2.05) is 30.3 Å². The van der Waals surface area contributed by atoms with Gasteiger partial charge in [0.15, 0.2) is 0 Å². The first-order valence-electron chi connectivity index (χ1n) is 6.88. The summed E-state index contributed by atoms with van der Waals surface area (Å²) in [5.74, 6) is 0.923. The summed E-state index contributed by atoms with van der Waals surface area (Å²) in [5.41, 5.74) is 0. The van der Waals surface area contributed by atoms with Crippen LogP contribution in [0.1, 0.15) is 19.3 Å². The largest absolute Gasteiger partial charge is 0.491 e. The van der Waals surface area contributed by atoms with E-state index in [0.29, 0.717) is 6.04 Å². The third kappa shape index (κ3) is 2.85. The van der Waals surface area contributed by atoms with Crippen molar-refractivity contribution in [3.8, 4) is 5.75 Å². The van der Waals surface area contributed by atoms with Crippen LogP contribution in [-0.2, 0) is 0 Å². The maximum atomic E-state index is 6.21. The van der Waals surface area contributed by atoms with Crippen LogP contribution in [0.15, 0.2) is 36.4 Å². The summed E-state index contributed by atoms with van der Waals surface area (Å²) < 4.78 is 5.99. The van der Waals surface area contributed by atoms with Crippen LogP contribution < -0.4 is 10.1 Å². The van der Waals surface area contributed by atoms with Gasteiger partial charge in [0, 0.05) is 21.8 Å².